The van der Waals surface area contributed by atoms with Gasteiger partial charge in [-0.1, -0.05) is 44.5 Å². The van der Waals surface area contributed by atoms with Crippen molar-refractivity contribution in [1.82, 2.24) is 16.0 Å². The van der Waals surface area contributed by atoms with E-state index in [1.165, 1.54) is 5.56 Å². The van der Waals surface area contributed by atoms with Crippen molar-refractivity contribution in [3.05, 3.63) is 70.8 Å². The van der Waals surface area contributed by atoms with Crippen LogP contribution in [-0.2, 0) is 33.7 Å². The van der Waals surface area contributed by atoms with Crippen molar-refractivity contribution in [2.75, 3.05) is 19.8 Å². The van der Waals surface area contributed by atoms with Crippen LogP contribution in [-0.4, -0.2) is 65.9 Å². The van der Waals surface area contributed by atoms with E-state index in [9.17, 15) is 28.6 Å². The van der Waals surface area contributed by atoms with Crippen LogP contribution < -0.4 is 16.0 Å². The number of aliphatic hydroxyl groups excluding tert-OH is 1. The van der Waals surface area contributed by atoms with Crippen LogP contribution in [0.2, 0.25) is 0 Å². The van der Waals surface area contributed by atoms with Gasteiger partial charge in [0.1, 0.15) is 17.7 Å². The number of nitrogens with one attached hydrogen (secondary N) is 3. The summed E-state index contributed by atoms with van der Waals surface area (Å²) in [6.07, 6.45) is 1.77. The zero-order valence-corrected chi connectivity index (χ0v) is 25.0. The van der Waals surface area contributed by atoms with Crippen LogP contribution in [0.15, 0.2) is 42.5 Å². The predicted molar refractivity (Wildman–Crippen MR) is 158 cm³/mol. The molecule has 9 nitrogen and oxygen atoms in total. The van der Waals surface area contributed by atoms with Crippen molar-refractivity contribution in [3.8, 4) is 0 Å². The van der Waals surface area contributed by atoms with Crippen molar-refractivity contribution >= 4 is 12.0 Å². The van der Waals surface area contributed by atoms with E-state index in [4.69, 9.17) is 9.47 Å². The molecular formula is C32H45F2N3O6. The van der Waals surface area contributed by atoms with Crippen LogP contribution in [0.1, 0.15) is 69.1 Å². The van der Waals surface area contributed by atoms with Crippen LogP contribution in [0, 0.1) is 11.6 Å². The molecule has 2 aromatic rings. The SMILES string of the molecule is CCCCC1(CCC(NC(=O)O)C(=O)N[C@@H](Cc2cc(F)cc(F)c2)[C@H](O)CNCc2cccc(CC)c2)OCCCO1. The highest BCUT2D eigenvalue weighted by Gasteiger charge is 2.36. The number of halogens is 2. The van der Waals surface area contributed by atoms with E-state index in [0.29, 0.717) is 26.2 Å². The Morgan fingerprint density at radius 1 is 0.977 bits per heavy atom. The molecule has 0 spiro atoms. The number of carboxylic acid groups (broad SMARTS) is 1. The maximum absolute atomic E-state index is 14.0. The number of aliphatic hydroxyl groups is 1. The van der Waals surface area contributed by atoms with Crippen molar-refractivity contribution < 1.29 is 38.1 Å². The van der Waals surface area contributed by atoms with Gasteiger partial charge in [0.2, 0.25) is 5.91 Å². The third-order valence-electron chi connectivity index (χ3n) is 7.61. The maximum atomic E-state index is 14.0. The summed E-state index contributed by atoms with van der Waals surface area (Å²) in [5, 5.41) is 28.8. The molecule has 1 heterocycles. The third-order valence-corrected chi connectivity index (χ3v) is 7.61. The number of ether oxygens (including phenoxy) is 2. The van der Waals surface area contributed by atoms with Crippen molar-refractivity contribution in [2.45, 2.75) is 95.7 Å². The van der Waals surface area contributed by atoms with Crippen molar-refractivity contribution in [2.24, 2.45) is 0 Å². The molecule has 1 saturated heterocycles. The zero-order valence-electron chi connectivity index (χ0n) is 25.0. The highest BCUT2D eigenvalue weighted by Crippen LogP contribution is 2.30. The lowest BCUT2D eigenvalue weighted by molar-refractivity contribution is -0.274. The van der Waals surface area contributed by atoms with Gasteiger partial charge in [0.05, 0.1) is 25.4 Å². The average molecular weight is 606 g/mol. The molecule has 1 unspecified atom stereocenters. The van der Waals surface area contributed by atoms with E-state index in [1.54, 1.807) is 0 Å². The molecule has 0 radical (unpaired) electrons. The van der Waals surface area contributed by atoms with E-state index in [-0.39, 0.29) is 31.4 Å². The molecule has 11 heteroatoms. The van der Waals surface area contributed by atoms with Gasteiger partial charge in [-0.25, -0.2) is 13.6 Å². The number of rotatable bonds is 17. The normalized spacial score (nSPS) is 16.7. The Labute approximate surface area is 252 Å². The van der Waals surface area contributed by atoms with Gasteiger partial charge in [-0.05, 0) is 60.9 Å². The third kappa shape index (κ3) is 11.5. The first kappa shape index (κ1) is 34.4. The van der Waals surface area contributed by atoms with Gasteiger partial charge >= 0.3 is 6.09 Å². The molecule has 3 rings (SSSR count). The summed E-state index contributed by atoms with van der Waals surface area (Å²) < 4.78 is 39.9. The van der Waals surface area contributed by atoms with E-state index in [2.05, 4.69) is 28.9 Å². The van der Waals surface area contributed by atoms with E-state index >= 15 is 0 Å². The van der Waals surface area contributed by atoms with Crippen LogP contribution >= 0.6 is 0 Å². The van der Waals surface area contributed by atoms with Crippen LogP contribution in [0.25, 0.3) is 0 Å². The first-order chi connectivity index (χ1) is 20.6. The number of carbonyl (C=O) groups excluding carboxylic acids is 1. The van der Waals surface area contributed by atoms with Gasteiger partial charge in [0.25, 0.3) is 0 Å². The Bertz CT molecular complexity index is 1160. The van der Waals surface area contributed by atoms with Gasteiger partial charge in [0.15, 0.2) is 5.79 Å². The summed E-state index contributed by atoms with van der Waals surface area (Å²) >= 11 is 0. The lowest BCUT2D eigenvalue weighted by atomic mass is 9.97. The summed E-state index contributed by atoms with van der Waals surface area (Å²) in [7, 11) is 0. The van der Waals surface area contributed by atoms with E-state index in [1.807, 2.05) is 25.1 Å². The Morgan fingerprint density at radius 2 is 1.67 bits per heavy atom. The smallest absolute Gasteiger partial charge is 0.405 e. The highest BCUT2D eigenvalue weighted by molar-refractivity contribution is 5.85. The molecule has 43 heavy (non-hydrogen) atoms. The minimum absolute atomic E-state index is 0.0674. The molecule has 0 saturated carbocycles. The summed E-state index contributed by atoms with van der Waals surface area (Å²) in [6, 6.07) is 8.89. The minimum Gasteiger partial charge on any atom is -0.465 e. The van der Waals surface area contributed by atoms with Gasteiger partial charge in [-0.15, -0.1) is 0 Å². The number of amides is 2. The largest absolute Gasteiger partial charge is 0.465 e. The van der Waals surface area contributed by atoms with Gasteiger partial charge in [0, 0.05) is 32.0 Å². The molecule has 0 aromatic heterocycles. The Balaban J connectivity index is 1.73. The molecule has 3 atom stereocenters. The monoisotopic (exact) mass is 605 g/mol. The second kappa shape index (κ2) is 17.2. The lowest BCUT2D eigenvalue weighted by Crippen LogP contribution is -2.55. The predicted octanol–water partition coefficient (Wildman–Crippen LogP) is 4.45. The number of hydrogen-bond acceptors (Lipinski definition) is 6. The standard InChI is InChI=1S/C32H45F2N3O6/c1-3-5-11-32(42-13-7-14-43-32)12-10-27(37-31(40)41)30(39)36-28(18-24-16-25(33)19-26(34)17-24)29(38)21-35-20-23-9-6-8-22(4-2)15-23/h6,8-9,15-17,19,27-29,35,37-38H,3-5,7,10-14,18,20-21H2,1-2H3,(H,36,39)(H,40,41)/t27?,28-,29+/m0/s1. The lowest BCUT2D eigenvalue weighted by Gasteiger charge is -2.38. The number of unbranched alkanes of at least 4 members (excludes halogenated alkanes) is 1. The Morgan fingerprint density at radius 3 is 2.33 bits per heavy atom. The summed E-state index contributed by atoms with van der Waals surface area (Å²) in [5.41, 5.74) is 2.44. The fourth-order valence-corrected chi connectivity index (χ4v) is 5.27. The first-order valence-corrected chi connectivity index (χ1v) is 15.1. The minimum atomic E-state index is -1.38. The highest BCUT2D eigenvalue weighted by atomic mass is 19.1. The summed E-state index contributed by atoms with van der Waals surface area (Å²) in [5.74, 6) is -3.12. The number of carbonyl (C=O) groups is 2. The molecule has 2 amide bonds. The quantitative estimate of drug-likeness (QED) is 0.180. The fraction of sp³-hybridized carbons (Fsp3) is 0.562. The molecular weight excluding hydrogens is 560 g/mol. The fourth-order valence-electron chi connectivity index (χ4n) is 5.27. The molecule has 1 aliphatic rings. The zero-order chi connectivity index (χ0) is 31.2. The molecule has 0 aliphatic carbocycles. The van der Waals surface area contributed by atoms with Crippen LogP contribution in [0.5, 0.6) is 0 Å². The molecule has 238 valence electrons. The number of aryl methyl sites for hydroxylation is 1. The van der Waals surface area contributed by atoms with E-state index < -0.39 is 47.6 Å². The van der Waals surface area contributed by atoms with Crippen LogP contribution in [0.4, 0.5) is 13.6 Å². The summed E-state index contributed by atoms with van der Waals surface area (Å²) in [6.45, 7) is 5.67. The number of benzene rings is 2. The molecule has 2 aromatic carbocycles. The topological polar surface area (TPSA) is 129 Å². The van der Waals surface area contributed by atoms with E-state index in [0.717, 1.165) is 49.4 Å². The summed E-state index contributed by atoms with van der Waals surface area (Å²) in [4.78, 5) is 25.1. The van der Waals surface area contributed by atoms with Crippen molar-refractivity contribution in [3.63, 3.8) is 0 Å². The Kier molecular flexibility index (Phi) is 13.8. The average Bonchev–Trinajstić information content (AvgIpc) is 2.97. The Hall–Kier alpha value is -3.12. The van der Waals surface area contributed by atoms with Crippen molar-refractivity contribution in [1.29, 1.82) is 0 Å². The molecule has 1 fully saturated rings. The first-order valence-electron chi connectivity index (χ1n) is 15.1. The second-order valence-electron chi connectivity index (χ2n) is 11.1. The molecule has 1 aliphatic heterocycles. The molecule has 5 N–H and O–H groups in total. The van der Waals surface area contributed by atoms with Gasteiger partial charge < -0.3 is 35.6 Å². The van der Waals surface area contributed by atoms with Crippen LogP contribution in [0.3, 0.4) is 0 Å². The van der Waals surface area contributed by atoms with Gasteiger partial charge in [-0.2, -0.15) is 0 Å². The maximum Gasteiger partial charge on any atom is 0.405 e. The number of hydrogen-bond donors (Lipinski definition) is 5. The second-order valence-corrected chi connectivity index (χ2v) is 11.1. The van der Waals surface area contributed by atoms with Gasteiger partial charge in [-0.3, -0.25) is 4.79 Å². The molecule has 0 bridgehead atoms.